The van der Waals surface area contributed by atoms with Gasteiger partial charge < -0.3 is 14.8 Å². The zero-order chi connectivity index (χ0) is 25.9. The van der Waals surface area contributed by atoms with E-state index in [2.05, 4.69) is 5.32 Å². The Labute approximate surface area is 206 Å². The van der Waals surface area contributed by atoms with Gasteiger partial charge in [-0.05, 0) is 55.9 Å². The van der Waals surface area contributed by atoms with Crippen molar-refractivity contribution >= 4 is 18.0 Å². The van der Waals surface area contributed by atoms with Gasteiger partial charge in [0.25, 0.3) is 5.91 Å². The van der Waals surface area contributed by atoms with Crippen LogP contribution in [0.25, 0.3) is 11.1 Å². The van der Waals surface area contributed by atoms with E-state index in [1.807, 2.05) is 48.5 Å². The monoisotopic (exact) mass is 482 g/mol. The lowest BCUT2D eigenvalue weighted by molar-refractivity contribution is -0.198. The lowest BCUT2D eigenvalue weighted by atomic mass is 9.98. The van der Waals surface area contributed by atoms with Crippen molar-refractivity contribution in [3.05, 3.63) is 59.7 Å². The van der Waals surface area contributed by atoms with Crippen LogP contribution in [-0.4, -0.2) is 52.5 Å². The van der Waals surface area contributed by atoms with Crippen molar-refractivity contribution in [2.24, 2.45) is 5.92 Å². The maximum absolute atomic E-state index is 12.8. The van der Waals surface area contributed by atoms with Gasteiger partial charge in [-0.15, -0.1) is 0 Å². The average Bonchev–Trinajstić information content (AvgIpc) is 3.09. The lowest BCUT2D eigenvalue weighted by Crippen LogP contribution is -2.54. The van der Waals surface area contributed by atoms with E-state index in [1.54, 1.807) is 34.6 Å². The molecule has 0 saturated carbocycles. The highest BCUT2D eigenvalue weighted by atomic mass is 16.6. The molecule has 8 heteroatoms. The van der Waals surface area contributed by atoms with Crippen molar-refractivity contribution in [1.82, 2.24) is 10.4 Å². The predicted octanol–water partition coefficient (Wildman–Crippen LogP) is 4.50. The summed E-state index contributed by atoms with van der Waals surface area (Å²) in [7, 11) is 0. The molecule has 2 unspecified atom stereocenters. The van der Waals surface area contributed by atoms with Gasteiger partial charge >= 0.3 is 12.1 Å². The normalized spacial score (nSPS) is 14.5. The highest BCUT2D eigenvalue weighted by Gasteiger charge is 2.37. The van der Waals surface area contributed by atoms with E-state index < -0.39 is 41.6 Å². The van der Waals surface area contributed by atoms with Gasteiger partial charge in [0.1, 0.15) is 18.2 Å². The molecular formula is C27H34N2O6. The fourth-order valence-corrected chi connectivity index (χ4v) is 4.23. The topological polar surface area (TPSA) is 105 Å². The summed E-state index contributed by atoms with van der Waals surface area (Å²) < 4.78 is 10.8. The molecule has 3 rings (SSSR count). The van der Waals surface area contributed by atoms with E-state index in [1.165, 1.54) is 6.92 Å². The molecule has 0 bridgehead atoms. The van der Waals surface area contributed by atoms with E-state index in [4.69, 9.17) is 9.47 Å². The Hall–Kier alpha value is -3.39. The lowest BCUT2D eigenvalue weighted by Gasteiger charge is -2.31. The molecule has 0 spiro atoms. The molecule has 0 aliphatic heterocycles. The van der Waals surface area contributed by atoms with E-state index in [0.717, 1.165) is 22.3 Å². The third kappa shape index (κ3) is 6.00. The Kier molecular flexibility index (Phi) is 7.85. The molecule has 2 amide bonds. The van der Waals surface area contributed by atoms with Gasteiger partial charge in [0.15, 0.2) is 6.04 Å². The maximum Gasteiger partial charge on any atom is 0.407 e. The summed E-state index contributed by atoms with van der Waals surface area (Å²) in [5.74, 6) is -2.11. The van der Waals surface area contributed by atoms with Crippen LogP contribution >= 0.6 is 0 Å². The smallest absolute Gasteiger partial charge is 0.407 e. The Morgan fingerprint density at radius 3 is 1.97 bits per heavy atom. The summed E-state index contributed by atoms with van der Waals surface area (Å²) in [6, 6.07) is 13.6. The standard InChI is InChI=1S/C27H34N2O6/c1-16(2)23(25(31)35-27(4,5)6)29(33)24(30)17(3)28-26(32)34-15-22-20-13-9-7-11-18(20)19-12-8-10-14-21(19)22/h7-14,16-17,22-23,33H,15H2,1-6H3,(H,28,32). The van der Waals surface area contributed by atoms with Gasteiger partial charge in [0.2, 0.25) is 0 Å². The molecule has 2 atom stereocenters. The van der Waals surface area contributed by atoms with Crippen LogP contribution in [0.3, 0.4) is 0 Å². The minimum Gasteiger partial charge on any atom is -0.458 e. The number of ether oxygens (including phenoxy) is 2. The molecule has 8 nitrogen and oxygen atoms in total. The number of rotatable bonds is 7. The number of carbonyl (C=O) groups is 3. The van der Waals surface area contributed by atoms with Crippen LogP contribution in [0.5, 0.6) is 0 Å². The molecule has 0 fully saturated rings. The quantitative estimate of drug-likeness (QED) is 0.342. The van der Waals surface area contributed by atoms with Gasteiger partial charge in [0, 0.05) is 5.92 Å². The van der Waals surface area contributed by atoms with E-state index in [9.17, 15) is 19.6 Å². The number of hydrogen-bond donors (Lipinski definition) is 2. The van der Waals surface area contributed by atoms with Crippen molar-refractivity contribution in [2.75, 3.05) is 6.61 Å². The first-order chi connectivity index (χ1) is 16.4. The number of esters is 1. The first-order valence-electron chi connectivity index (χ1n) is 11.8. The largest absolute Gasteiger partial charge is 0.458 e. The number of nitrogens with zero attached hydrogens (tertiary/aromatic N) is 1. The first kappa shape index (κ1) is 26.2. The fraction of sp³-hybridized carbons (Fsp3) is 0.444. The molecule has 188 valence electrons. The van der Waals surface area contributed by atoms with Gasteiger partial charge in [-0.1, -0.05) is 62.4 Å². The summed E-state index contributed by atoms with van der Waals surface area (Å²) in [6.07, 6.45) is -0.792. The van der Waals surface area contributed by atoms with Gasteiger partial charge in [-0.3, -0.25) is 10.0 Å². The molecule has 0 aromatic heterocycles. The summed E-state index contributed by atoms with van der Waals surface area (Å²) in [6.45, 7) is 9.99. The molecule has 2 aromatic rings. The molecule has 0 radical (unpaired) electrons. The Bertz CT molecular complexity index is 1050. The molecular weight excluding hydrogens is 448 g/mol. The van der Waals surface area contributed by atoms with Crippen molar-refractivity contribution < 1.29 is 29.1 Å². The van der Waals surface area contributed by atoms with E-state index in [0.29, 0.717) is 5.06 Å². The fourth-order valence-electron chi connectivity index (χ4n) is 4.23. The maximum atomic E-state index is 12.8. The molecule has 1 aliphatic rings. The Balaban J connectivity index is 1.62. The van der Waals surface area contributed by atoms with Gasteiger partial charge in [-0.25, -0.2) is 14.7 Å². The van der Waals surface area contributed by atoms with Crippen LogP contribution in [0, 0.1) is 5.92 Å². The molecule has 35 heavy (non-hydrogen) atoms. The van der Waals surface area contributed by atoms with Crippen molar-refractivity contribution in [3.63, 3.8) is 0 Å². The highest BCUT2D eigenvalue weighted by Crippen LogP contribution is 2.44. The third-order valence-electron chi connectivity index (χ3n) is 5.82. The van der Waals surface area contributed by atoms with E-state index in [-0.39, 0.29) is 12.5 Å². The van der Waals surface area contributed by atoms with Crippen LogP contribution in [0.15, 0.2) is 48.5 Å². The number of fused-ring (bicyclic) bond motifs is 3. The SMILES string of the molecule is CC(NC(=O)OCC1c2ccccc2-c2ccccc21)C(=O)N(O)C(C(=O)OC(C)(C)C)C(C)C. The molecule has 1 aliphatic carbocycles. The van der Waals surface area contributed by atoms with Crippen LogP contribution in [0.2, 0.25) is 0 Å². The van der Waals surface area contributed by atoms with Crippen molar-refractivity contribution in [1.29, 1.82) is 0 Å². The summed E-state index contributed by atoms with van der Waals surface area (Å²) in [4.78, 5) is 37.8. The number of hydroxylamine groups is 2. The van der Waals surface area contributed by atoms with Crippen LogP contribution in [0.4, 0.5) is 4.79 Å². The molecule has 0 heterocycles. The van der Waals surface area contributed by atoms with Crippen LogP contribution < -0.4 is 5.32 Å². The van der Waals surface area contributed by atoms with Gasteiger partial charge in [-0.2, -0.15) is 0 Å². The second-order valence-electron chi connectivity index (χ2n) is 10.1. The minimum absolute atomic E-state index is 0.0934. The van der Waals surface area contributed by atoms with Crippen LogP contribution in [-0.2, 0) is 19.1 Å². The van der Waals surface area contributed by atoms with Crippen molar-refractivity contribution in [2.45, 2.75) is 65.1 Å². The number of alkyl carbamates (subject to hydrolysis) is 1. The molecule has 0 saturated heterocycles. The zero-order valence-corrected chi connectivity index (χ0v) is 21.1. The second-order valence-corrected chi connectivity index (χ2v) is 10.1. The summed E-state index contributed by atoms with van der Waals surface area (Å²) in [5.41, 5.74) is 3.59. The summed E-state index contributed by atoms with van der Waals surface area (Å²) >= 11 is 0. The third-order valence-corrected chi connectivity index (χ3v) is 5.82. The van der Waals surface area contributed by atoms with Gasteiger partial charge in [0.05, 0.1) is 0 Å². The highest BCUT2D eigenvalue weighted by molar-refractivity contribution is 5.89. The minimum atomic E-state index is -1.21. The summed E-state index contributed by atoms with van der Waals surface area (Å²) in [5, 5.41) is 13.3. The second kappa shape index (κ2) is 10.5. The first-order valence-corrected chi connectivity index (χ1v) is 11.8. The molecule has 2 aromatic carbocycles. The average molecular weight is 483 g/mol. The number of nitrogens with one attached hydrogen (secondary N) is 1. The Morgan fingerprint density at radius 2 is 1.49 bits per heavy atom. The number of carbonyl (C=O) groups excluding carboxylic acids is 3. The number of amides is 2. The number of benzene rings is 2. The zero-order valence-electron chi connectivity index (χ0n) is 21.1. The predicted molar refractivity (Wildman–Crippen MR) is 131 cm³/mol. The van der Waals surface area contributed by atoms with Crippen LogP contribution in [0.1, 0.15) is 58.6 Å². The number of hydrogen-bond acceptors (Lipinski definition) is 6. The van der Waals surface area contributed by atoms with Crippen molar-refractivity contribution in [3.8, 4) is 11.1 Å². The molecule has 2 N–H and O–H groups in total. The van der Waals surface area contributed by atoms with E-state index >= 15 is 0 Å². The Morgan fingerprint density at radius 1 is 0.971 bits per heavy atom.